The van der Waals surface area contributed by atoms with E-state index >= 15 is 0 Å². The zero-order valence-electron chi connectivity index (χ0n) is 16.3. The van der Waals surface area contributed by atoms with E-state index < -0.39 is 0 Å². The molecule has 6 nitrogen and oxygen atoms in total. The van der Waals surface area contributed by atoms with E-state index in [1.54, 1.807) is 0 Å². The maximum atomic E-state index is 8.90. The summed E-state index contributed by atoms with van der Waals surface area (Å²) >= 11 is 0. The Kier molecular flexibility index (Phi) is 14.9. The van der Waals surface area contributed by atoms with Gasteiger partial charge in [-0.3, -0.25) is 0 Å². The predicted molar refractivity (Wildman–Crippen MR) is 94.4 cm³/mol. The highest BCUT2D eigenvalue weighted by molar-refractivity contribution is 4.57. The van der Waals surface area contributed by atoms with Crippen LogP contribution in [0.15, 0.2) is 0 Å². The lowest BCUT2D eigenvalue weighted by molar-refractivity contribution is -0.0974. The van der Waals surface area contributed by atoms with E-state index in [9.17, 15) is 0 Å². The van der Waals surface area contributed by atoms with E-state index in [0.717, 1.165) is 13.0 Å². The van der Waals surface area contributed by atoms with Gasteiger partial charge in [-0.05, 0) is 41.0 Å². The van der Waals surface area contributed by atoms with Crippen LogP contribution in [0.5, 0.6) is 0 Å². The molecular weight excluding hydrogens is 312 g/mol. The Morgan fingerprint density at radius 1 is 0.583 bits per heavy atom. The van der Waals surface area contributed by atoms with E-state index in [1.807, 2.05) is 34.6 Å². The molecule has 5 unspecified atom stereocenters. The van der Waals surface area contributed by atoms with Crippen molar-refractivity contribution >= 4 is 0 Å². The number of aliphatic hydroxyl groups excluding tert-OH is 1. The molecule has 24 heavy (non-hydrogen) atoms. The lowest BCUT2D eigenvalue weighted by Crippen LogP contribution is -2.29. The van der Waals surface area contributed by atoms with E-state index in [-0.39, 0.29) is 37.1 Å². The van der Waals surface area contributed by atoms with Crippen LogP contribution in [-0.2, 0) is 23.7 Å². The summed E-state index contributed by atoms with van der Waals surface area (Å²) in [5.74, 6) is 0. The van der Waals surface area contributed by atoms with Gasteiger partial charge in [0.15, 0.2) is 0 Å². The minimum atomic E-state index is -0.161. The molecule has 0 rings (SSSR count). The zero-order valence-corrected chi connectivity index (χ0v) is 16.3. The van der Waals surface area contributed by atoms with Crippen molar-refractivity contribution in [3.8, 4) is 0 Å². The molecule has 0 aromatic rings. The standard InChI is InChI=1S/C18H38O6/c1-7-8-20-15(3)10-22-17(5)12-24-18(6)13-23-16(4)11-21-14(2)9-19/h14-19H,7-13H2,1-6H3. The topological polar surface area (TPSA) is 66.4 Å². The second kappa shape index (κ2) is 15.0. The summed E-state index contributed by atoms with van der Waals surface area (Å²) in [4.78, 5) is 0. The maximum Gasteiger partial charge on any atom is 0.0781 e. The molecule has 0 aliphatic rings. The number of rotatable bonds is 16. The summed E-state index contributed by atoms with van der Waals surface area (Å²) in [5, 5.41) is 8.90. The SMILES string of the molecule is CCCOC(C)COC(C)COC(C)COC(C)COC(C)CO. The largest absolute Gasteiger partial charge is 0.394 e. The summed E-state index contributed by atoms with van der Waals surface area (Å²) in [5.41, 5.74) is 0. The third-order valence-electron chi connectivity index (χ3n) is 3.33. The van der Waals surface area contributed by atoms with Gasteiger partial charge in [-0.1, -0.05) is 6.92 Å². The van der Waals surface area contributed by atoms with Crippen molar-refractivity contribution in [1.29, 1.82) is 0 Å². The van der Waals surface area contributed by atoms with E-state index in [4.69, 9.17) is 28.8 Å². The molecule has 0 aromatic carbocycles. The fraction of sp³-hybridized carbons (Fsp3) is 1.00. The zero-order chi connectivity index (χ0) is 18.4. The number of ether oxygens (including phenoxy) is 5. The average molecular weight is 350 g/mol. The molecule has 0 radical (unpaired) electrons. The van der Waals surface area contributed by atoms with Crippen LogP contribution in [0.25, 0.3) is 0 Å². The number of hydrogen-bond acceptors (Lipinski definition) is 6. The Labute approximate surface area is 147 Å². The van der Waals surface area contributed by atoms with Crippen molar-refractivity contribution in [3.63, 3.8) is 0 Å². The van der Waals surface area contributed by atoms with Crippen LogP contribution in [0.4, 0.5) is 0 Å². The minimum Gasteiger partial charge on any atom is -0.394 e. The first-order valence-electron chi connectivity index (χ1n) is 9.07. The van der Waals surface area contributed by atoms with Crippen LogP contribution >= 0.6 is 0 Å². The van der Waals surface area contributed by atoms with Crippen LogP contribution < -0.4 is 0 Å². The van der Waals surface area contributed by atoms with Crippen LogP contribution in [0.2, 0.25) is 0 Å². The van der Waals surface area contributed by atoms with Gasteiger partial charge in [-0.15, -0.1) is 0 Å². The predicted octanol–water partition coefficient (Wildman–Crippen LogP) is 2.41. The molecule has 0 heterocycles. The molecule has 0 saturated carbocycles. The Morgan fingerprint density at radius 3 is 1.25 bits per heavy atom. The second-order valence-corrected chi connectivity index (χ2v) is 6.44. The van der Waals surface area contributed by atoms with Crippen LogP contribution in [0.3, 0.4) is 0 Å². The van der Waals surface area contributed by atoms with Gasteiger partial charge in [-0.2, -0.15) is 0 Å². The van der Waals surface area contributed by atoms with E-state index in [0.29, 0.717) is 26.4 Å². The Hall–Kier alpha value is -0.240. The molecule has 0 bridgehead atoms. The summed E-state index contributed by atoms with van der Waals surface area (Å²) in [7, 11) is 0. The molecule has 0 spiro atoms. The first-order valence-corrected chi connectivity index (χ1v) is 9.07. The van der Waals surface area contributed by atoms with Crippen molar-refractivity contribution in [3.05, 3.63) is 0 Å². The van der Waals surface area contributed by atoms with Gasteiger partial charge in [0.05, 0.1) is 63.6 Å². The molecule has 0 aromatic heterocycles. The summed E-state index contributed by atoms with van der Waals surface area (Å²) < 4.78 is 28.1. The van der Waals surface area contributed by atoms with Crippen molar-refractivity contribution in [2.75, 3.05) is 39.6 Å². The van der Waals surface area contributed by atoms with Gasteiger partial charge in [0, 0.05) is 6.61 Å². The van der Waals surface area contributed by atoms with Crippen LogP contribution in [-0.4, -0.2) is 75.3 Å². The van der Waals surface area contributed by atoms with E-state index in [2.05, 4.69) is 6.92 Å². The monoisotopic (exact) mass is 350 g/mol. The van der Waals surface area contributed by atoms with Crippen molar-refractivity contribution in [2.24, 2.45) is 0 Å². The summed E-state index contributed by atoms with van der Waals surface area (Å²) in [6.07, 6.45) is 0.939. The number of aliphatic hydroxyl groups is 1. The number of hydrogen-bond donors (Lipinski definition) is 1. The first kappa shape index (κ1) is 23.8. The quantitative estimate of drug-likeness (QED) is 0.461. The molecule has 0 aliphatic carbocycles. The summed E-state index contributed by atoms with van der Waals surface area (Å²) in [6, 6.07) is 0. The van der Waals surface area contributed by atoms with Crippen LogP contribution in [0.1, 0.15) is 48.0 Å². The molecule has 0 fully saturated rings. The molecule has 5 atom stereocenters. The first-order chi connectivity index (χ1) is 11.4. The molecule has 1 N–H and O–H groups in total. The molecule has 0 amide bonds. The molecule has 0 aliphatic heterocycles. The van der Waals surface area contributed by atoms with Crippen molar-refractivity contribution in [2.45, 2.75) is 78.5 Å². The summed E-state index contributed by atoms with van der Waals surface area (Å²) in [6.45, 7) is 14.7. The fourth-order valence-corrected chi connectivity index (χ4v) is 1.76. The average Bonchev–Trinajstić information content (AvgIpc) is 2.58. The van der Waals surface area contributed by atoms with Gasteiger partial charge in [0.1, 0.15) is 0 Å². The fourth-order valence-electron chi connectivity index (χ4n) is 1.76. The highest BCUT2D eigenvalue weighted by atomic mass is 16.6. The highest BCUT2D eigenvalue weighted by Gasteiger charge is 2.12. The van der Waals surface area contributed by atoms with Gasteiger partial charge in [0.2, 0.25) is 0 Å². The maximum absolute atomic E-state index is 8.90. The lowest BCUT2D eigenvalue weighted by atomic mass is 10.3. The van der Waals surface area contributed by atoms with Gasteiger partial charge in [-0.25, -0.2) is 0 Å². The molecule has 0 saturated heterocycles. The lowest BCUT2D eigenvalue weighted by Gasteiger charge is -2.21. The van der Waals surface area contributed by atoms with E-state index in [1.165, 1.54) is 0 Å². The minimum absolute atomic E-state index is 0.0115. The van der Waals surface area contributed by atoms with Gasteiger partial charge < -0.3 is 28.8 Å². The normalized spacial score (nSPS) is 18.1. The Balaban J connectivity index is 3.67. The van der Waals surface area contributed by atoms with Gasteiger partial charge in [0.25, 0.3) is 0 Å². The Morgan fingerprint density at radius 2 is 0.917 bits per heavy atom. The Bertz CT molecular complexity index is 276. The molecular formula is C18H38O6. The molecule has 6 heteroatoms. The highest BCUT2D eigenvalue weighted by Crippen LogP contribution is 2.03. The second-order valence-electron chi connectivity index (χ2n) is 6.44. The van der Waals surface area contributed by atoms with Crippen molar-refractivity contribution < 1.29 is 28.8 Å². The van der Waals surface area contributed by atoms with Crippen LogP contribution in [0, 0.1) is 0 Å². The van der Waals surface area contributed by atoms with Crippen molar-refractivity contribution in [1.82, 2.24) is 0 Å². The molecule has 146 valence electrons. The smallest absolute Gasteiger partial charge is 0.0781 e. The van der Waals surface area contributed by atoms with Gasteiger partial charge >= 0.3 is 0 Å². The third-order valence-corrected chi connectivity index (χ3v) is 3.33. The third kappa shape index (κ3) is 14.1.